The summed E-state index contributed by atoms with van der Waals surface area (Å²) in [5.74, 6) is 0. The number of anilines is 3. The predicted molar refractivity (Wildman–Crippen MR) is 158 cm³/mol. The molecule has 7 aromatic rings. The third kappa shape index (κ3) is 3.04. The fourth-order valence-corrected chi connectivity index (χ4v) is 6.08. The van der Waals surface area contributed by atoms with Crippen molar-refractivity contribution in [3.8, 4) is 22.3 Å². The van der Waals surface area contributed by atoms with E-state index in [0.29, 0.717) is 0 Å². The maximum Gasteiger partial charge on any atom is 0.0468 e. The van der Waals surface area contributed by atoms with Crippen molar-refractivity contribution in [3.05, 3.63) is 140 Å². The van der Waals surface area contributed by atoms with E-state index in [1.54, 1.807) is 0 Å². The highest BCUT2D eigenvalue weighted by molar-refractivity contribution is 6.25. The van der Waals surface area contributed by atoms with Crippen molar-refractivity contribution in [1.82, 2.24) is 0 Å². The highest BCUT2D eigenvalue weighted by Crippen LogP contribution is 2.52. The summed E-state index contributed by atoms with van der Waals surface area (Å²) in [6, 6.07) is 50.7. The largest absolute Gasteiger partial charge is 0.310 e. The van der Waals surface area contributed by atoms with Crippen LogP contribution in [0.5, 0.6) is 0 Å². The molecule has 0 heterocycles. The fourth-order valence-electron chi connectivity index (χ4n) is 6.08. The Morgan fingerprint density at radius 2 is 0.973 bits per heavy atom. The molecule has 0 bridgehead atoms. The molecule has 172 valence electrons. The van der Waals surface area contributed by atoms with E-state index < -0.39 is 0 Å². The Balaban J connectivity index is 1.40. The SMILES string of the molecule is c1ccc(N(c2ccccc2)c2ccc3c4c5c(cccc5cc3c2)-c2cc3ccccc3cc2-4)cc1. The Morgan fingerprint density at radius 1 is 0.351 bits per heavy atom. The van der Waals surface area contributed by atoms with Crippen molar-refractivity contribution in [2.45, 2.75) is 0 Å². The molecule has 0 amide bonds. The van der Waals surface area contributed by atoms with E-state index in [4.69, 9.17) is 0 Å². The predicted octanol–water partition coefficient (Wildman–Crippen LogP) is 10.3. The first-order valence-corrected chi connectivity index (χ1v) is 12.8. The quantitative estimate of drug-likeness (QED) is 0.233. The number of hydrogen-bond acceptors (Lipinski definition) is 1. The second-order valence-corrected chi connectivity index (χ2v) is 9.81. The minimum Gasteiger partial charge on any atom is -0.310 e. The van der Waals surface area contributed by atoms with Crippen LogP contribution in [0.4, 0.5) is 17.1 Å². The first-order valence-electron chi connectivity index (χ1n) is 12.8. The Kier molecular flexibility index (Phi) is 4.29. The van der Waals surface area contributed by atoms with Crippen LogP contribution in [0.15, 0.2) is 140 Å². The van der Waals surface area contributed by atoms with Gasteiger partial charge in [0.25, 0.3) is 0 Å². The van der Waals surface area contributed by atoms with E-state index in [-0.39, 0.29) is 0 Å². The van der Waals surface area contributed by atoms with E-state index >= 15 is 0 Å². The van der Waals surface area contributed by atoms with Gasteiger partial charge in [-0.25, -0.2) is 0 Å². The molecule has 7 aromatic carbocycles. The van der Waals surface area contributed by atoms with Crippen molar-refractivity contribution >= 4 is 49.4 Å². The number of nitrogens with zero attached hydrogens (tertiary/aromatic N) is 1. The van der Waals surface area contributed by atoms with E-state index in [1.165, 1.54) is 54.6 Å². The number of fused-ring (bicyclic) bond motifs is 6. The molecule has 0 radical (unpaired) electrons. The van der Waals surface area contributed by atoms with Crippen LogP contribution in [0.1, 0.15) is 0 Å². The summed E-state index contributed by atoms with van der Waals surface area (Å²) in [5, 5.41) is 7.81. The molecule has 0 aliphatic heterocycles. The smallest absolute Gasteiger partial charge is 0.0468 e. The minimum absolute atomic E-state index is 1.15. The summed E-state index contributed by atoms with van der Waals surface area (Å²) in [4.78, 5) is 2.33. The summed E-state index contributed by atoms with van der Waals surface area (Å²) in [6.07, 6.45) is 0. The van der Waals surface area contributed by atoms with Gasteiger partial charge in [0.1, 0.15) is 0 Å². The van der Waals surface area contributed by atoms with Gasteiger partial charge in [-0.2, -0.15) is 0 Å². The van der Waals surface area contributed by atoms with Crippen LogP contribution in [0.2, 0.25) is 0 Å². The Morgan fingerprint density at radius 3 is 1.68 bits per heavy atom. The Labute approximate surface area is 215 Å². The monoisotopic (exact) mass is 469 g/mol. The van der Waals surface area contributed by atoms with Gasteiger partial charge in [0.05, 0.1) is 0 Å². The molecule has 0 aromatic heterocycles. The van der Waals surface area contributed by atoms with Gasteiger partial charge in [-0.05, 0) is 109 Å². The van der Waals surface area contributed by atoms with Crippen LogP contribution in [-0.2, 0) is 0 Å². The molecule has 0 atom stereocenters. The molecular weight excluding hydrogens is 446 g/mol. The van der Waals surface area contributed by atoms with Crippen LogP contribution in [0, 0.1) is 0 Å². The maximum absolute atomic E-state index is 2.38. The van der Waals surface area contributed by atoms with Crippen LogP contribution in [-0.4, -0.2) is 0 Å². The topological polar surface area (TPSA) is 3.24 Å². The highest BCUT2D eigenvalue weighted by Gasteiger charge is 2.24. The van der Waals surface area contributed by atoms with Crippen LogP contribution in [0.3, 0.4) is 0 Å². The standard InChI is InChI=1S/C36H23N/c1-3-13-28(14-4-1)37(29-15-5-2-6-16-29)30-18-19-31-27(21-30)20-26-12-9-17-32-33-22-24-10-7-8-11-25(24)23-34(33)36(31)35(26)32/h1-23H. The van der Waals surface area contributed by atoms with Gasteiger partial charge in [-0.3, -0.25) is 0 Å². The first kappa shape index (κ1) is 20.3. The number of hydrogen-bond donors (Lipinski definition) is 0. The highest BCUT2D eigenvalue weighted by atomic mass is 15.1. The van der Waals surface area contributed by atoms with Crippen molar-refractivity contribution in [2.24, 2.45) is 0 Å². The zero-order valence-electron chi connectivity index (χ0n) is 20.2. The Bertz CT molecular complexity index is 1930. The summed E-state index contributed by atoms with van der Waals surface area (Å²) >= 11 is 0. The summed E-state index contributed by atoms with van der Waals surface area (Å²) < 4.78 is 0. The molecule has 0 saturated heterocycles. The number of benzene rings is 7. The van der Waals surface area contributed by atoms with Gasteiger partial charge in [0.15, 0.2) is 0 Å². The zero-order chi connectivity index (χ0) is 24.3. The second kappa shape index (κ2) is 7.81. The van der Waals surface area contributed by atoms with E-state index in [0.717, 1.165) is 17.1 Å². The van der Waals surface area contributed by atoms with Crippen molar-refractivity contribution in [2.75, 3.05) is 4.90 Å². The van der Waals surface area contributed by atoms with Crippen molar-refractivity contribution < 1.29 is 0 Å². The van der Waals surface area contributed by atoms with Gasteiger partial charge in [0, 0.05) is 17.1 Å². The van der Waals surface area contributed by atoms with E-state index in [1.807, 2.05) is 0 Å². The number of para-hydroxylation sites is 2. The second-order valence-electron chi connectivity index (χ2n) is 9.81. The van der Waals surface area contributed by atoms with Crippen molar-refractivity contribution in [1.29, 1.82) is 0 Å². The normalized spacial score (nSPS) is 11.8. The van der Waals surface area contributed by atoms with Gasteiger partial charge in [0.2, 0.25) is 0 Å². The fraction of sp³-hybridized carbons (Fsp3) is 0. The molecule has 0 spiro atoms. The molecule has 1 heteroatoms. The van der Waals surface area contributed by atoms with Crippen LogP contribution < -0.4 is 4.90 Å². The van der Waals surface area contributed by atoms with Crippen LogP contribution in [0.25, 0.3) is 54.6 Å². The van der Waals surface area contributed by atoms with Gasteiger partial charge >= 0.3 is 0 Å². The molecule has 0 fully saturated rings. The molecular formula is C36H23N. The Hall–Kier alpha value is -4.88. The molecule has 1 nitrogen and oxygen atoms in total. The average molecular weight is 470 g/mol. The maximum atomic E-state index is 2.38. The first-order chi connectivity index (χ1) is 18.3. The third-order valence-corrected chi connectivity index (χ3v) is 7.69. The van der Waals surface area contributed by atoms with Gasteiger partial charge < -0.3 is 4.90 Å². The summed E-state index contributed by atoms with van der Waals surface area (Å²) in [6.45, 7) is 0. The lowest BCUT2D eigenvalue weighted by Crippen LogP contribution is -2.09. The van der Waals surface area contributed by atoms with E-state index in [2.05, 4.69) is 144 Å². The van der Waals surface area contributed by atoms with E-state index in [9.17, 15) is 0 Å². The summed E-state index contributed by atoms with van der Waals surface area (Å²) in [5.41, 5.74) is 8.84. The minimum atomic E-state index is 1.15. The summed E-state index contributed by atoms with van der Waals surface area (Å²) in [7, 11) is 0. The average Bonchev–Trinajstić information content (AvgIpc) is 3.28. The lowest BCUT2D eigenvalue weighted by Gasteiger charge is -2.26. The molecule has 0 unspecified atom stereocenters. The van der Waals surface area contributed by atoms with Gasteiger partial charge in [-0.1, -0.05) is 84.9 Å². The molecule has 0 saturated carbocycles. The molecule has 0 N–H and O–H groups in total. The van der Waals surface area contributed by atoms with Gasteiger partial charge in [-0.15, -0.1) is 0 Å². The molecule has 1 aliphatic rings. The molecule has 37 heavy (non-hydrogen) atoms. The zero-order valence-corrected chi connectivity index (χ0v) is 20.2. The lowest BCUT2D eigenvalue weighted by molar-refractivity contribution is 1.29. The molecule has 1 aliphatic carbocycles. The lowest BCUT2D eigenvalue weighted by atomic mass is 9.94. The van der Waals surface area contributed by atoms with Crippen molar-refractivity contribution in [3.63, 3.8) is 0 Å². The molecule has 8 rings (SSSR count). The number of rotatable bonds is 3. The third-order valence-electron chi connectivity index (χ3n) is 7.69. The van der Waals surface area contributed by atoms with Crippen LogP contribution >= 0.6 is 0 Å².